The normalized spacial score (nSPS) is 23.4. The Hall–Kier alpha value is -3.32. The highest BCUT2D eigenvalue weighted by molar-refractivity contribution is 14.2. The van der Waals surface area contributed by atoms with Crippen LogP contribution in [0.4, 0.5) is 10.6 Å². The molecule has 3 aliphatic rings. The number of hydrogen-bond acceptors (Lipinski definition) is 7. The van der Waals surface area contributed by atoms with Gasteiger partial charge in [0.2, 0.25) is 5.91 Å². The van der Waals surface area contributed by atoms with E-state index in [1.165, 1.54) is 14.6 Å². The first-order valence-electron chi connectivity index (χ1n) is 18.1. The second kappa shape index (κ2) is 15.5. The zero-order valence-corrected chi connectivity index (χ0v) is 32.4. The Morgan fingerprint density at radius 2 is 1.80 bits per heavy atom. The number of hydrogen-bond donors (Lipinski definition) is 1. The molecule has 10 nitrogen and oxygen atoms in total. The van der Waals surface area contributed by atoms with Gasteiger partial charge in [0.25, 0.3) is 0 Å². The van der Waals surface area contributed by atoms with Crippen molar-refractivity contribution in [1.82, 2.24) is 19.7 Å². The highest BCUT2D eigenvalue weighted by atomic mass is 127. The zero-order chi connectivity index (χ0) is 35.6. The zero-order valence-electron chi connectivity index (χ0n) is 30.3. The summed E-state index contributed by atoms with van der Waals surface area (Å²) >= 11 is -0.885. The molecule has 2 saturated carbocycles. The maximum Gasteiger partial charge on any atom is 0.419 e. The first kappa shape index (κ1) is 36.5. The monoisotopic (exact) mass is 797 g/mol. The maximum absolute atomic E-state index is 14.4. The van der Waals surface area contributed by atoms with Crippen LogP contribution in [0.1, 0.15) is 102 Å². The number of aliphatic hydroxyl groups is 1. The SMILES string of the molecule is COc1ccc(C2CCC(CN(C(=O)C3CCC(=IOC(=O)N4CC(O)C4(C)C)CC3)c3cc(-c4cnn(C(C)C)c4)ccn3)CC2)cc1C. The second-order valence-electron chi connectivity index (χ2n) is 15.1. The van der Waals surface area contributed by atoms with E-state index in [1.54, 1.807) is 12.0 Å². The second-order valence-corrected chi connectivity index (χ2v) is 17.5. The minimum atomic E-state index is -0.885. The van der Waals surface area contributed by atoms with Crippen LogP contribution < -0.4 is 9.64 Å². The summed E-state index contributed by atoms with van der Waals surface area (Å²) in [6.07, 6.45) is 12.3. The first-order valence-corrected chi connectivity index (χ1v) is 20.0. The largest absolute Gasteiger partial charge is 0.496 e. The molecule has 50 heavy (non-hydrogen) atoms. The van der Waals surface area contributed by atoms with E-state index in [9.17, 15) is 14.7 Å². The molecule has 2 amide bonds. The topological polar surface area (TPSA) is 110 Å². The van der Waals surface area contributed by atoms with Gasteiger partial charge in [-0.1, -0.05) is 12.1 Å². The van der Waals surface area contributed by atoms with Crippen molar-refractivity contribution in [2.75, 3.05) is 25.1 Å². The summed E-state index contributed by atoms with van der Waals surface area (Å²) in [5, 5.41) is 14.5. The van der Waals surface area contributed by atoms with Crippen molar-refractivity contribution in [2.24, 2.45) is 11.8 Å². The van der Waals surface area contributed by atoms with Crippen LogP contribution in [-0.2, 0) is 7.86 Å². The summed E-state index contributed by atoms with van der Waals surface area (Å²) in [6, 6.07) is 10.9. The third-order valence-electron chi connectivity index (χ3n) is 11.1. The molecule has 3 heterocycles. The van der Waals surface area contributed by atoms with Crippen LogP contribution in [-0.4, -0.2) is 72.1 Å². The van der Waals surface area contributed by atoms with Gasteiger partial charge < -0.3 is 12.9 Å². The fraction of sp³-hybridized carbons (Fsp3) is 0.564. The van der Waals surface area contributed by atoms with Crippen LogP contribution in [0.5, 0.6) is 5.75 Å². The number of aryl methyl sites for hydroxylation is 1. The van der Waals surface area contributed by atoms with Gasteiger partial charge in [0.1, 0.15) is 32.7 Å². The lowest BCUT2D eigenvalue weighted by Crippen LogP contribution is -2.68. The van der Waals surface area contributed by atoms with E-state index in [0.29, 0.717) is 30.7 Å². The average Bonchev–Trinajstić information content (AvgIpc) is 3.63. The summed E-state index contributed by atoms with van der Waals surface area (Å²) in [6.45, 7) is 11.0. The molecular formula is C39H52IN5O5. The lowest BCUT2D eigenvalue weighted by atomic mass is 9.78. The third kappa shape index (κ3) is 7.93. The van der Waals surface area contributed by atoms with Crippen LogP contribution in [0.15, 0.2) is 48.9 Å². The molecule has 2 aliphatic carbocycles. The van der Waals surface area contributed by atoms with Crippen molar-refractivity contribution in [2.45, 2.75) is 110 Å². The molecule has 1 atom stereocenters. The highest BCUT2D eigenvalue weighted by Gasteiger charge is 2.49. The number of rotatable bonds is 9. The number of aliphatic hydroxyl groups excluding tert-OH is 1. The lowest BCUT2D eigenvalue weighted by molar-refractivity contribution is -0.123. The molecule has 6 rings (SSSR count). The smallest absolute Gasteiger partial charge is 0.419 e. The van der Waals surface area contributed by atoms with Crippen molar-refractivity contribution in [3.8, 4) is 16.9 Å². The van der Waals surface area contributed by atoms with Gasteiger partial charge in [0.05, 0.1) is 31.5 Å². The van der Waals surface area contributed by atoms with Gasteiger partial charge in [-0.3, -0.25) is 19.3 Å². The Bertz CT molecular complexity index is 1700. The molecule has 270 valence electrons. The van der Waals surface area contributed by atoms with Gasteiger partial charge in [-0.2, -0.15) is 5.10 Å². The maximum atomic E-state index is 14.4. The van der Waals surface area contributed by atoms with Crippen molar-refractivity contribution in [1.29, 1.82) is 0 Å². The molecule has 11 heteroatoms. The average molecular weight is 798 g/mol. The van der Waals surface area contributed by atoms with Crippen LogP contribution in [0.25, 0.3) is 11.1 Å². The molecule has 1 saturated heterocycles. The number of anilines is 1. The number of halogens is 1. The number of β-amino-alcohol motifs (C(OH)–C–C–N with tert-alkyl or cyclic N) is 1. The number of pyridine rings is 1. The van der Waals surface area contributed by atoms with Gasteiger partial charge >= 0.3 is 6.09 Å². The number of benzene rings is 1. The van der Waals surface area contributed by atoms with Crippen molar-refractivity contribution in [3.63, 3.8) is 0 Å². The summed E-state index contributed by atoms with van der Waals surface area (Å²) < 4.78 is 14.4. The number of aromatic nitrogens is 3. The minimum Gasteiger partial charge on any atom is -0.496 e. The van der Waals surface area contributed by atoms with Gasteiger partial charge in [-0.15, -0.1) is 0 Å². The molecule has 1 N–H and O–H groups in total. The summed E-state index contributed by atoms with van der Waals surface area (Å²) in [4.78, 5) is 35.5. The summed E-state index contributed by atoms with van der Waals surface area (Å²) in [5.74, 6) is 2.58. The molecule has 1 unspecified atom stereocenters. The molecule has 0 spiro atoms. The van der Waals surface area contributed by atoms with Crippen molar-refractivity contribution in [3.05, 3.63) is 60.0 Å². The van der Waals surface area contributed by atoms with Crippen molar-refractivity contribution < 1.29 is 22.5 Å². The predicted octanol–water partition coefficient (Wildman–Crippen LogP) is 7.99. The molecule has 3 fully saturated rings. The Balaban J connectivity index is 1.15. The Morgan fingerprint density at radius 3 is 2.42 bits per heavy atom. The molecule has 2 aromatic heterocycles. The number of likely N-dealkylation sites (tertiary alicyclic amines) is 1. The standard InChI is InChI=1S/C39H52IN5O5/c1-25(2)45-23-32(21-42-45)31-17-18-41-36(20-31)43(22-27-7-9-28(10-8-27)30-13-16-34(49-6)26(3)19-30)37(47)29-11-14-33(15-12-29)40-50-38(48)44-24-35(46)39(44,4)5/h13,16-21,23,25,27-29,35,46H,7-12,14-15,22,24H2,1-6H3. The van der Waals surface area contributed by atoms with Gasteiger partial charge in [0, 0.05) is 36.5 Å². The fourth-order valence-electron chi connectivity index (χ4n) is 7.52. The Morgan fingerprint density at radius 1 is 1.06 bits per heavy atom. The third-order valence-corrected chi connectivity index (χ3v) is 13.4. The Labute approximate surface area is 306 Å². The predicted molar refractivity (Wildman–Crippen MR) is 205 cm³/mol. The van der Waals surface area contributed by atoms with Crippen LogP contribution in [0.3, 0.4) is 0 Å². The van der Waals surface area contributed by atoms with E-state index < -0.39 is 32.8 Å². The van der Waals surface area contributed by atoms with Crippen molar-refractivity contribution >= 4 is 42.5 Å². The van der Waals surface area contributed by atoms with E-state index in [2.05, 4.69) is 50.3 Å². The molecule has 0 radical (unpaired) electrons. The number of carbonyl (C=O) groups is 2. The molecular weight excluding hydrogens is 745 g/mol. The quantitative estimate of drug-likeness (QED) is 0.219. The van der Waals surface area contributed by atoms with Crippen LogP contribution in [0, 0.1) is 18.8 Å². The van der Waals surface area contributed by atoms with Gasteiger partial charge in [-0.05, 0) is 136 Å². The molecule has 1 aliphatic heterocycles. The number of methoxy groups -OCH3 is 1. The molecule has 3 aromatic rings. The van der Waals surface area contributed by atoms with E-state index in [1.807, 2.05) is 48.0 Å². The molecule has 0 bridgehead atoms. The summed E-state index contributed by atoms with van der Waals surface area (Å²) in [5.41, 5.74) is 3.97. The molecule has 1 aromatic carbocycles. The minimum absolute atomic E-state index is 0.101. The van der Waals surface area contributed by atoms with Gasteiger partial charge in [0.15, 0.2) is 0 Å². The van der Waals surface area contributed by atoms with Gasteiger partial charge in [-0.25, -0.2) is 9.78 Å². The number of ether oxygens (including phenoxy) is 1. The van der Waals surface area contributed by atoms with E-state index >= 15 is 0 Å². The number of carbonyl (C=O) groups excluding carboxylic acids is 2. The van der Waals surface area contributed by atoms with Crippen LogP contribution in [0.2, 0.25) is 0 Å². The van der Waals surface area contributed by atoms with Crippen LogP contribution >= 0.6 is 21.1 Å². The number of nitrogens with zero attached hydrogens (tertiary/aromatic N) is 5. The Kier molecular flexibility index (Phi) is 11.3. The number of amides is 2. The van der Waals surface area contributed by atoms with E-state index in [0.717, 1.165) is 68.2 Å². The lowest BCUT2D eigenvalue weighted by Gasteiger charge is -2.51. The first-order chi connectivity index (χ1) is 23.9. The van der Waals surface area contributed by atoms with E-state index in [-0.39, 0.29) is 24.0 Å². The fourth-order valence-corrected chi connectivity index (χ4v) is 9.32. The van der Waals surface area contributed by atoms with E-state index in [4.69, 9.17) is 12.8 Å². The summed E-state index contributed by atoms with van der Waals surface area (Å²) in [7, 11) is 1.72. The highest BCUT2D eigenvalue weighted by Crippen LogP contribution is 2.39.